The first-order valence-electron chi connectivity index (χ1n) is 10.4. The van der Waals surface area contributed by atoms with Gasteiger partial charge in [0.25, 0.3) is 0 Å². The van der Waals surface area contributed by atoms with E-state index in [0.717, 1.165) is 38.8 Å². The van der Waals surface area contributed by atoms with Crippen LogP contribution in [-0.4, -0.2) is 13.0 Å². The molecule has 0 saturated heterocycles. The van der Waals surface area contributed by atoms with Crippen LogP contribution in [0.15, 0.2) is 65.3 Å². The van der Waals surface area contributed by atoms with E-state index in [-0.39, 0.29) is 5.91 Å². The molecule has 33 heavy (non-hydrogen) atoms. The number of hydrogen-bond acceptors (Lipinski definition) is 3. The second-order valence-electron chi connectivity index (χ2n) is 7.89. The normalized spacial score (nSPS) is 11.6. The van der Waals surface area contributed by atoms with Crippen molar-refractivity contribution in [3.8, 4) is 16.9 Å². The lowest BCUT2D eigenvalue weighted by molar-refractivity contribution is -0.111. The van der Waals surface area contributed by atoms with Crippen LogP contribution in [0.4, 0.5) is 5.69 Å². The molecule has 168 valence electrons. The van der Waals surface area contributed by atoms with E-state index in [1.165, 1.54) is 11.6 Å². The summed E-state index contributed by atoms with van der Waals surface area (Å²) < 4.78 is 11.6. The van der Waals surface area contributed by atoms with Gasteiger partial charge in [0.05, 0.1) is 29.1 Å². The van der Waals surface area contributed by atoms with E-state index in [4.69, 9.17) is 32.4 Å². The minimum absolute atomic E-state index is 0.301. The number of carbonyl (C=O) groups excluding carboxylic acids is 1. The minimum Gasteiger partial charge on any atom is -0.496 e. The van der Waals surface area contributed by atoms with Crippen LogP contribution in [0, 0.1) is 13.8 Å². The summed E-state index contributed by atoms with van der Waals surface area (Å²) in [4.78, 5) is 12.7. The number of methoxy groups -OCH3 is 1. The summed E-state index contributed by atoms with van der Waals surface area (Å²) in [5.41, 5.74) is 6.87. The Hall–Kier alpha value is -3.21. The number of benzene rings is 3. The van der Waals surface area contributed by atoms with Gasteiger partial charge in [-0.2, -0.15) is 0 Å². The van der Waals surface area contributed by atoms with Crippen molar-refractivity contribution in [2.24, 2.45) is 0 Å². The molecule has 0 aliphatic rings. The fourth-order valence-electron chi connectivity index (χ4n) is 3.87. The Labute approximate surface area is 202 Å². The summed E-state index contributed by atoms with van der Waals surface area (Å²) in [6.07, 6.45) is 3.28. The lowest BCUT2D eigenvalue weighted by atomic mass is 9.96. The Morgan fingerprint density at radius 1 is 1.09 bits per heavy atom. The number of furan rings is 1. The van der Waals surface area contributed by atoms with E-state index in [2.05, 4.69) is 36.5 Å². The molecule has 0 unspecified atom stereocenters. The third-order valence-electron chi connectivity index (χ3n) is 5.59. The number of rotatable bonds is 5. The van der Waals surface area contributed by atoms with Gasteiger partial charge in [0.15, 0.2) is 0 Å². The van der Waals surface area contributed by atoms with Gasteiger partial charge in [0.2, 0.25) is 5.91 Å². The second kappa shape index (κ2) is 9.34. The number of amides is 1. The van der Waals surface area contributed by atoms with Gasteiger partial charge in [-0.1, -0.05) is 59.1 Å². The molecular weight excluding hydrogens is 457 g/mol. The molecule has 0 fully saturated rings. The highest BCUT2D eigenvalue weighted by Crippen LogP contribution is 2.40. The topological polar surface area (TPSA) is 51.5 Å². The molecule has 1 heterocycles. The Kier molecular flexibility index (Phi) is 6.50. The largest absolute Gasteiger partial charge is 0.496 e. The Balaban J connectivity index is 1.76. The lowest BCUT2D eigenvalue weighted by Crippen LogP contribution is -2.09. The molecule has 0 radical (unpaired) electrons. The highest BCUT2D eigenvalue weighted by atomic mass is 35.5. The van der Waals surface area contributed by atoms with E-state index < -0.39 is 0 Å². The Morgan fingerprint density at radius 3 is 2.52 bits per heavy atom. The molecule has 0 aliphatic carbocycles. The zero-order valence-corrected chi connectivity index (χ0v) is 20.3. The number of nitrogens with one attached hydrogen (secondary N) is 1. The molecule has 4 aromatic rings. The van der Waals surface area contributed by atoms with E-state index in [9.17, 15) is 4.79 Å². The zero-order chi connectivity index (χ0) is 23.7. The van der Waals surface area contributed by atoms with Gasteiger partial charge in [-0.15, -0.1) is 0 Å². The maximum absolute atomic E-state index is 12.7. The zero-order valence-electron chi connectivity index (χ0n) is 18.8. The molecular formula is C27H23Cl2NO3. The average Bonchev–Trinajstić information content (AvgIpc) is 3.21. The van der Waals surface area contributed by atoms with E-state index >= 15 is 0 Å². The number of anilines is 1. The van der Waals surface area contributed by atoms with E-state index in [1.807, 2.05) is 19.9 Å². The number of allylic oxidation sites excluding steroid dienone is 1. The van der Waals surface area contributed by atoms with Crippen molar-refractivity contribution >= 4 is 51.3 Å². The predicted molar refractivity (Wildman–Crippen MR) is 136 cm³/mol. The molecule has 3 aromatic carbocycles. The van der Waals surface area contributed by atoms with Crippen molar-refractivity contribution in [3.05, 3.63) is 87.6 Å². The number of ether oxygens (including phenoxy) is 1. The molecule has 0 saturated carbocycles. The quantitative estimate of drug-likeness (QED) is 0.294. The van der Waals surface area contributed by atoms with Gasteiger partial charge in [-0.25, -0.2) is 0 Å². The van der Waals surface area contributed by atoms with Crippen molar-refractivity contribution < 1.29 is 13.9 Å². The summed E-state index contributed by atoms with van der Waals surface area (Å²) >= 11 is 12.3. The summed E-state index contributed by atoms with van der Waals surface area (Å²) in [5.74, 6) is 0.345. The van der Waals surface area contributed by atoms with Crippen molar-refractivity contribution in [3.63, 3.8) is 0 Å². The number of carbonyl (C=O) groups is 1. The second-order valence-corrected chi connectivity index (χ2v) is 8.68. The van der Waals surface area contributed by atoms with Crippen molar-refractivity contribution in [1.82, 2.24) is 0 Å². The molecule has 1 amide bonds. The summed E-state index contributed by atoms with van der Waals surface area (Å²) in [5, 5.41) is 4.42. The van der Waals surface area contributed by atoms with E-state index in [1.54, 1.807) is 31.6 Å². The molecule has 1 N–H and O–H groups in total. The molecule has 4 rings (SSSR count). The van der Waals surface area contributed by atoms with Crippen molar-refractivity contribution in [1.29, 1.82) is 0 Å². The highest BCUT2D eigenvalue weighted by molar-refractivity contribution is 6.44. The molecule has 0 atom stereocenters. The lowest BCUT2D eigenvalue weighted by Gasteiger charge is -2.13. The first kappa shape index (κ1) is 23.0. The third-order valence-corrected chi connectivity index (χ3v) is 6.41. The smallest absolute Gasteiger partial charge is 0.248 e. The van der Waals surface area contributed by atoms with Crippen LogP contribution in [0.2, 0.25) is 10.0 Å². The van der Waals surface area contributed by atoms with Gasteiger partial charge in [0.1, 0.15) is 11.3 Å². The van der Waals surface area contributed by atoms with Gasteiger partial charge in [0, 0.05) is 28.2 Å². The Bertz CT molecular complexity index is 1390. The predicted octanol–water partition coefficient (Wildman–Crippen LogP) is 8.07. The molecule has 6 heteroatoms. The molecule has 4 nitrogen and oxygen atoms in total. The van der Waals surface area contributed by atoms with Gasteiger partial charge in [-0.3, -0.25) is 4.79 Å². The van der Waals surface area contributed by atoms with Crippen LogP contribution < -0.4 is 10.1 Å². The Morgan fingerprint density at radius 2 is 1.82 bits per heavy atom. The number of aryl methyl sites for hydroxylation is 2. The van der Waals surface area contributed by atoms with Crippen LogP contribution in [0.25, 0.3) is 27.7 Å². The average molecular weight is 480 g/mol. The monoisotopic (exact) mass is 479 g/mol. The molecule has 0 aliphatic heterocycles. The van der Waals surface area contributed by atoms with Gasteiger partial charge in [-0.05, 0) is 50.1 Å². The molecule has 1 aromatic heterocycles. The van der Waals surface area contributed by atoms with E-state index in [0.29, 0.717) is 21.5 Å². The minimum atomic E-state index is -0.317. The van der Waals surface area contributed by atoms with Crippen LogP contribution in [0.1, 0.15) is 23.6 Å². The summed E-state index contributed by atoms with van der Waals surface area (Å²) in [6, 6.07) is 15.4. The first-order chi connectivity index (χ1) is 15.8. The van der Waals surface area contributed by atoms with Crippen LogP contribution in [0.5, 0.6) is 5.75 Å². The van der Waals surface area contributed by atoms with Crippen molar-refractivity contribution in [2.45, 2.75) is 20.8 Å². The number of fused-ring (bicyclic) bond motifs is 1. The third kappa shape index (κ3) is 4.50. The summed E-state index contributed by atoms with van der Waals surface area (Å²) in [6.45, 7) is 5.88. The first-order valence-corrected chi connectivity index (χ1v) is 11.1. The maximum Gasteiger partial charge on any atom is 0.248 e. The van der Waals surface area contributed by atoms with Crippen LogP contribution in [-0.2, 0) is 4.79 Å². The molecule has 0 bridgehead atoms. The molecule has 0 spiro atoms. The van der Waals surface area contributed by atoms with Crippen LogP contribution >= 0.6 is 23.2 Å². The standard InChI is InChI=1S/C27H23Cl2NO3/c1-15-8-10-18(11-9-15)21-14-33-27-17(3)26(32-4)19(13-20(21)27)16(2)12-24(31)30-23-7-5-6-22(28)25(23)29/h5-14H,1-4H3,(H,30,31)/b16-12+. The maximum atomic E-state index is 12.7. The van der Waals surface area contributed by atoms with Gasteiger partial charge < -0.3 is 14.5 Å². The SMILES string of the molecule is COc1c(/C(C)=C/C(=O)Nc2cccc(Cl)c2Cl)cc2c(-c3ccc(C)cc3)coc2c1C. The number of halogens is 2. The highest BCUT2D eigenvalue weighted by Gasteiger charge is 2.19. The fourth-order valence-corrected chi connectivity index (χ4v) is 4.22. The number of hydrogen-bond donors (Lipinski definition) is 1. The fraction of sp³-hybridized carbons (Fsp3) is 0.148. The van der Waals surface area contributed by atoms with Crippen LogP contribution in [0.3, 0.4) is 0 Å². The summed E-state index contributed by atoms with van der Waals surface area (Å²) in [7, 11) is 1.61. The van der Waals surface area contributed by atoms with Gasteiger partial charge >= 0.3 is 0 Å². The van der Waals surface area contributed by atoms with Crippen molar-refractivity contribution in [2.75, 3.05) is 12.4 Å².